The molecule has 0 unspecified atom stereocenters. The van der Waals surface area contributed by atoms with Crippen LogP contribution in [-0.2, 0) is 17.8 Å². The van der Waals surface area contributed by atoms with Gasteiger partial charge in [0.15, 0.2) is 0 Å². The number of ketones is 1. The van der Waals surface area contributed by atoms with E-state index < -0.39 is 0 Å². The van der Waals surface area contributed by atoms with Gasteiger partial charge in [-0.1, -0.05) is 0 Å². The van der Waals surface area contributed by atoms with E-state index in [0.717, 1.165) is 45.7 Å². The van der Waals surface area contributed by atoms with Gasteiger partial charge in [0.1, 0.15) is 15.8 Å². The minimum absolute atomic E-state index is 0.0584. The molecule has 1 fully saturated rings. The number of pyridine rings is 1. The molecule has 0 bridgehead atoms. The van der Waals surface area contributed by atoms with Gasteiger partial charge in [-0.3, -0.25) is 9.78 Å². The summed E-state index contributed by atoms with van der Waals surface area (Å²) in [6.45, 7) is 5.34. The second-order valence-electron chi connectivity index (χ2n) is 6.66. The lowest BCUT2D eigenvalue weighted by Crippen LogP contribution is -2.51. The van der Waals surface area contributed by atoms with Crippen molar-refractivity contribution < 1.29 is 9.90 Å². The number of carbonyl (C=O) groups is 1. The minimum Gasteiger partial charge on any atom is -0.389 e. The van der Waals surface area contributed by atoms with Crippen molar-refractivity contribution in [3.05, 3.63) is 45.1 Å². The molecule has 6 nitrogen and oxygen atoms in total. The van der Waals surface area contributed by atoms with Crippen LogP contribution in [0, 0.1) is 19.8 Å². The van der Waals surface area contributed by atoms with Crippen molar-refractivity contribution in [3.63, 3.8) is 0 Å². The Morgan fingerprint density at radius 3 is 2.78 bits per heavy atom. The Hall–Kier alpha value is -2.16. The van der Waals surface area contributed by atoms with Gasteiger partial charge in [0, 0.05) is 24.7 Å². The predicted octanol–water partition coefficient (Wildman–Crippen LogP) is 3.02. The number of aliphatic hydroxyl groups excluding tert-OH is 1. The van der Waals surface area contributed by atoms with E-state index in [0.29, 0.717) is 11.4 Å². The maximum absolute atomic E-state index is 12.6. The molecule has 140 valence electrons. The zero-order chi connectivity index (χ0) is 19.0. The molecule has 1 aliphatic heterocycles. The summed E-state index contributed by atoms with van der Waals surface area (Å²) < 4.78 is 0. The lowest BCUT2D eigenvalue weighted by molar-refractivity contribution is -0.122. The summed E-state index contributed by atoms with van der Waals surface area (Å²) in [5, 5.41) is 12.7. The van der Waals surface area contributed by atoms with Gasteiger partial charge in [0.05, 0.1) is 46.6 Å². The van der Waals surface area contributed by atoms with Gasteiger partial charge in [-0.25, -0.2) is 9.97 Å². The van der Waals surface area contributed by atoms with Gasteiger partial charge >= 0.3 is 0 Å². The van der Waals surface area contributed by atoms with Crippen LogP contribution < -0.4 is 4.90 Å². The number of aliphatic hydroxyl groups is 1. The quantitative estimate of drug-likeness (QED) is 0.685. The number of nitrogens with zero attached hydrogens (tertiary/aromatic N) is 4. The monoisotopic (exact) mass is 400 g/mol. The lowest BCUT2D eigenvalue weighted by Gasteiger charge is -2.40. The highest BCUT2D eigenvalue weighted by molar-refractivity contribution is 7.16. The number of hydrogen-bond acceptors (Lipinski definition) is 8. The second-order valence-corrected chi connectivity index (χ2v) is 8.69. The van der Waals surface area contributed by atoms with E-state index >= 15 is 0 Å². The molecule has 0 radical (unpaired) electrons. The molecule has 0 aromatic carbocycles. The number of aromatic nitrogens is 3. The molecule has 0 atom stereocenters. The Balaban J connectivity index is 1.38. The number of rotatable bonds is 6. The molecule has 4 heterocycles. The first-order valence-corrected chi connectivity index (χ1v) is 10.5. The molecule has 0 saturated carbocycles. The van der Waals surface area contributed by atoms with Gasteiger partial charge in [0.2, 0.25) is 0 Å². The number of carbonyl (C=O) groups excluding carboxylic acids is 1. The summed E-state index contributed by atoms with van der Waals surface area (Å²) in [5.41, 5.74) is 3.82. The van der Waals surface area contributed by atoms with Gasteiger partial charge < -0.3 is 10.0 Å². The van der Waals surface area contributed by atoms with E-state index in [1.807, 2.05) is 31.4 Å². The molecule has 1 N–H and O–H groups in total. The van der Waals surface area contributed by atoms with Crippen molar-refractivity contribution in [3.8, 4) is 10.6 Å². The summed E-state index contributed by atoms with van der Waals surface area (Å²) >= 11 is 2.96. The van der Waals surface area contributed by atoms with Crippen LogP contribution in [0.3, 0.4) is 0 Å². The molecule has 0 aliphatic carbocycles. The van der Waals surface area contributed by atoms with Crippen molar-refractivity contribution in [1.29, 1.82) is 0 Å². The number of thiazole rings is 2. The van der Waals surface area contributed by atoms with Crippen LogP contribution >= 0.6 is 22.7 Å². The highest BCUT2D eigenvalue weighted by Gasteiger charge is 2.33. The van der Waals surface area contributed by atoms with Gasteiger partial charge in [-0.2, -0.15) is 0 Å². The van der Waals surface area contributed by atoms with Crippen molar-refractivity contribution in [2.45, 2.75) is 26.9 Å². The molecular formula is C19H20N4O2S2. The first kappa shape index (κ1) is 18.2. The zero-order valence-electron chi connectivity index (χ0n) is 15.2. The van der Waals surface area contributed by atoms with Crippen LogP contribution in [0.15, 0.2) is 23.7 Å². The van der Waals surface area contributed by atoms with Crippen LogP contribution in [0.4, 0.5) is 5.69 Å². The van der Waals surface area contributed by atoms with Crippen molar-refractivity contribution in [1.82, 2.24) is 15.0 Å². The fourth-order valence-corrected chi connectivity index (χ4v) is 4.99. The Morgan fingerprint density at radius 2 is 2.07 bits per heavy atom. The maximum atomic E-state index is 12.6. The minimum atomic E-state index is -0.0599. The normalized spacial score (nSPS) is 14.4. The molecule has 3 aromatic heterocycles. The average Bonchev–Trinajstić information content (AvgIpc) is 3.21. The Labute approximate surface area is 165 Å². The third kappa shape index (κ3) is 3.65. The highest BCUT2D eigenvalue weighted by atomic mass is 32.1. The van der Waals surface area contributed by atoms with E-state index in [-0.39, 0.29) is 18.3 Å². The largest absolute Gasteiger partial charge is 0.389 e. The summed E-state index contributed by atoms with van der Waals surface area (Å²) in [4.78, 5) is 29.0. The first-order valence-electron chi connectivity index (χ1n) is 8.76. The molecule has 4 rings (SSSR count). The average molecular weight is 401 g/mol. The van der Waals surface area contributed by atoms with E-state index in [2.05, 4.69) is 19.9 Å². The molecule has 1 aliphatic rings. The highest BCUT2D eigenvalue weighted by Crippen LogP contribution is 2.32. The van der Waals surface area contributed by atoms with Gasteiger partial charge in [0.25, 0.3) is 0 Å². The van der Waals surface area contributed by atoms with Crippen LogP contribution in [0.1, 0.15) is 21.4 Å². The van der Waals surface area contributed by atoms with Crippen molar-refractivity contribution in [2.24, 2.45) is 5.92 Å². The molecule has 1 saturated heterocycles. The Morgan fingerprint density at radius 1 is 1.26 bits per heavy atom. The zero-order valence-corrected chi connectivity index (χ0v) is 16.8. The third-order valence-corrected chi connectivity index (χ3v) is 6.76. The number of anilines is 1. The van der Waals surface area contributed by atoms with E-state index in [4.69, 9.17) is 0 Å². The molecule has 0 amide bonds. The smallest absolute Gasteiger partial charge is 0.146 e. The molecular weight excluding hydrogens is 380 g/mol. The fourth-order valence-electron chi connectivity index (χ4n) is 3.24. The number of Topliss-reactive ketones (excluding diaryl/α,β-unsaturated/α-hetero) is 1. The van der Waals surface area contributed by atoms with Crippen LogP contribution in [-0.4, -0.2) is 38.9 Å². The maximum Gasteiger partial charge on any atom is 0.146 e. The molecule has 8 heteroatoms. The number of aryl methyl sites for hydroxylation is 2. The Kier molecular flexibility index (Phi) is 5.03. The summed E-state index contributed by atoms with van der Waals surface area (Å²) in [7, 11) is 0. The van der Waals surface area contributed by atoms with Crippen LogP contribution in [0.5, 0.6) is 0 Å². The third-order valence-electron chi connectivity index (χ3n) is 4.74. The van der Waals surface area contributed by atoms with Crippen molar-refractivity contribution in [2.75, 3.05) is 18.0 Å². The fraction of sp³-hybridized carbons (Fsp3) is 0.368. The van der Waals surface area contributed by atoms with Gasteiger partial charge in [-0.15, -0.1) is 22.7 Å². The van der Waals surface area contributed by atoms with E-state index in [9.17, 15) is 9.90 Å². The molecule has 0 spiro atoms. The molecule has 3 aromatic rings. The Bertz CT molecular complexity index is 976. The first-order chi connectivity index (χ1) is 13.0. The van der Waals surface area contributed by atoms with Crippen LogP contribution in [0.25, 0.3) is 10.6 Å². The SMILES string of the molecule is Cc1ncccc1N1CC(C(=O)Cc2nc(-c3sc(CO)nc3C)cs2)C1. The number of hydrogen-bond donors (Lipinski definition) is 1. The summed E-state index contributed by atoms with van der Waals surface area (Å²) in [6, 6.07) is 3.98. The lowest BCUT2D eigenvalue weighted by atomic mass is 9.92. The summed E-state index contributed by atoms with van der Waals surface area (Å²) in [6.07, 6.45) is 2.16. The van der Waals surface area contributed by atoms with E-state index in [1.54, 1.807) is 6.20 Å². The van der Waals surface area contributed by atoms with Crippen molar-refractivity contribution >= 4 is 34.1 Å². The standard InChI is InChI=1S/C19H20N4O2S2/c1-11-15(4-3-5-20-11)23-7-13(8-23)16(25)6-17-22-14(10-26-17)19-12(2)21-18(9-24)27-19/h3-5,10,13,24H,6-9H2,1-2H3. The topological polar surface area (TPSA) is 79.2 Å². The van der Waals surface area contributed by atoms with Gasteiger partial charge in [-0.05, 0) is 26.0 Å². The summed E-state index contributed by atoms with van der Waals surface area (Å²) in [5.74, 6) is 0.300. The molecule has 27 heavy (non-hydrogen) atoms. The second kappa shape index (κ2) is 7.46. The predicted molar refractivity (Wildman–Crippen MR) is 107 cm³/mol. The van der Waals surface area contributed by atoms with E-state index in [1.165, 1.54) is 22.7 Å². The van der Waals surface area contributed by atoms with Crippen LogP contribution in [0.2, 0.25) is 0 Å².